The maximum absolute atomic E-state index is 11.9. The Labute approximate surface area is 121 Å². The summed E-state index contributed by atoms with van der Waals surface area (Å²) in [5.41, 5.74) is -0.788. The van der Waals surface area contributed by atoms with Gasteiger partial charge in [-0.2, -0.15) is 0 Å². The number of nitrogens with zero attached hydrogens (tertiary/aromatic N) is 1. The van der Waals surface area contributed by atoms with Gasteiger partial charge in [-0.1, -0.05) is 6.92 Å². The van der Waals surface area contributed by atoms with E-state index < -0.39 is 11.5 Å². The number of morpholine rings is 1. The number of rotatable bonds is 7. The van der Waals surface area contributed by atoms with Crippen LogP contribution in [0, 0.1) is 5.92 Å². The van der Waals surface area contributed by atoms with E-state index in [1.807, 2.05) is 13.8 Å². The molecule has 2 fully saturated rings. The summed E-state index contributed by atoms with van der Waals surface area (Å²) in [4.78, 5) is 14.2. The van der Waals surface area contributed by atoms with Gasteiger partial charge in [0.15, 0.2) is 0 Å². The zero-order valence-electron chi connectivity index (χ0n) is 12.9. The molecular weight excluding hydrogens is 256 g/mol. The van der Waals surface area contributed by atoms with Gasteiger partial charge < -0.3 is 9.84 Å². The molecule has 1 aliphatic heterocycles. The topological polar surface area (TPSA) is 61.8 Å². The predicted molar refractivity (Wildman–Crippen MR) is 77.8 cm³/mol. The predicted octanol–water partition coefficient (Wildman–Crippen LogP) is 1.33. The molecule has 0 amide bonds. The molecule has 2 N–H and O–H groups in total. The van der Waals surface area contributed by atoms with E-state index >= 15 is 0 Å². The van der Waals surface area contributed by atoms with Gasteiger partial charge in [-0.3, -0.25) is 15.0 Å². The third kappa shape index (κ3) is 3.51. The average molecular weight is 284 g/mol. The van der Waals surface area contributed by atoms with Crippen LogP contribution in [0.15, 0.2) is 0 Å². The number of carbonyl (C=O) groups is 1. The number of aliphatic carboxylic acids is 1. The first-order valence-electron chi connectivity index (χ1n) is 7.83. The fourth-order valence-corrected chi connectivity index (χ4v) is 3.21. The van der Waals surface area contributed by atoms with Crippen molar-refractivity contribution >= 4 is 5.97 Å². The number of carboxylic acid groups (broad SMARTS) is 1. The molecule has 0 radical (unpaired) electrons. The lowest BCUT2D eigenvalue weighted by Gasteiger charge is -2.40. The Morgan fingerprint density at radius 2 is 2.20 bits per heavy atom. The van der Waals surface area contributed by atoms with Crippen molar-refractivity contribution < 1.29 is 14.6 Å². The molecule has 116 valence electrons. The fraction of sp³-hybridized carbons (Fsp3) is 0.933. The van der Waals surface area contributed by atoms with Crippen LogP contribution < -0.4 is 5.32 Å². The summed E-state index contributed by atoms with van der Waals surface area (Å²) in [5.74, 6) is -0.432. The monoisotopic (exact) mass is 284 g/mol. The highest BCUT2D eigenvalue weighted by atomic mass is 16.5. The van der Waals surface area contributed by atoms with Crippen molar-refractivity contribution in [2.24, 2.45) is 5.92 Å². The lowest BCUT2D eigenvalue weighted by molar-refractivity contribution is -0.148. The molecule has 5 nitrogen and oxygen atoms in total. The molecule has 20 heavy (non-hydrogen) atoms. The SMILES string of the molecule is CCC1CN(CC(NC(C)C)(C(=O)O)C2CC2)CCO1. The van der Waals surface area contributed by atoms with E-state index in [9.17, 15) is 9.90 Å². The van der Waals surface area contributed by atoms with E-state index in [0.29, 0.717) is 13.2 Å². The summed E-state index contributed by atoms with van der Waals surface area (Å²) >= 11 is 0. The summed E-state index contributed by atoms with van der Waals surface area (Å²) in [7, 11) is 0. The highest BCUT2D eigenvalue weighted by Crippen LogP contribution is 2.41. The van der Waals surface area contributed by atoms with Crippen molar-refractivity contribution in [3.05, 3.63) is 0 Å². The molecule has 5 heteroatoms. The second kappa shape index (κ2) is 6.41. The van der Waals surface area contributed by atoms with Crippen LogP contribution in [0.4, 0.5) is 0 Å². The van der Waals surface area contributed by atoms with Crippen molar-refractivity contribution in [3.8, 4) is 0 Å². The summed E-state index contributed by atoms with van der Waals surface area (Å²) in [6.07, 6.45) is 3.27. The number of ether oxygens (including phenoxy) is 1. The Kier molecular flexibility index (Phi) is 5.04. The lowest BCUT2D eigenvalue weighted by Crippen LogP contribution is -2.64. The Hall–Kier alpha value is -0.650. The zero-order chi connectivity index (χ0) is 14.8. The second-order valence-corrected chi connectivity index (χ2v) is 6.49. The first kappa shape index (κ1) is 15.7. The zero-order valence-corrected chi connectivity index (χ0v) is 12.9. The third-order valence-corrected chi connectivity index (χ3v) is 4.35. The molecule has 0 bridgehead atoms. The smallest absolute Gasteiger partial charge is 0.325 e. The van der Waals surface area contributed by atoms with Crippen LogP contribution >= 0.6 is 0 Å². The van der Waals surface area contributed by atoms with E-state index in [1.165, 1.54) is 0 Å². The summed E-state index contributed by atoms with van der Waals surface area (Å²) in [6.45, 7) is 9.13. The largest absolute Gasteiger partial charge is 0.480 e. The van der Waals surface area contributed by atoms with Crippen LogP contribution in [0.2, 0.25) is 0 Å². The van der Waals surface area contributed by atoms with Gasteiger partial charge in [-0.25, -0.2) is 0 Å². The lowest BCUT2D eigenvalue weighted by atomic mass is 9.91. The van der Waals surface area contributed by atoms with Crippen LogP contribution in [0.1, 0.15) is 40.0 Å². The number of nitrogens with one attached hydrogen (secondary N) is 1. The number of hydrogen-bond donors (Lipinski definition) is 2. The summed E-state index contributed by atoms with van der Waals surface area (Å²) < 4.78 is 5.68. The molecule has 1 aliphatic carbocycles. The molecule has 1 saturated heterocycles. The summed E-state index contributed by atoms with van der Waals surface area (Å²) in [5, 5.41) is 13.2. The highest BCUT2D eigenvalue weighted by Gasteiger charge is 2.52. The van der Waals surface area contributed by atoms with Crippen molar-refractivity contribution in [2.75, 3.05) is 26.2 Å². The van der Waals surface area contributed by atoms with E-state index in [2.05, 4.69) is 17.1 Å². The minimum Gasteiger partial charge on any atom is -0.480 e. The second-order valence-electron chi connectivity index (χ2n) is 6.49. The maximum Gasteiger partial charge on any atom is 0.325 e. The average Bonchev–Trinajstić information content (AvgIpc) is 3.21. The standard InChI is InChI=1S/C15H28N2O3/c1-4-13-9-17(7-8-20-13)10-15(14(18)19,12-5-6-12)16-11(2)3/h11-13,16H,4-10H2,1-3H3,(H,18,19). The molecule has 2 atom stereocenters. The van der Waals surface area contributed by atoms with Crippen molar-refractivity contribution in [3.63, 3.8) is 0 Å². The van der Waals surface area contributed by atoms with Gasteiger partial charge in [-0.15, -0.1) is 0 Å². The van der Waals surface area contributed by atoms with Crippen LogP contribution in [0.5, 0.6) is 0 Å². The molecular formula is C15H28N2O3. The molecule has 0 aromatic carbocycles. The molecule has 2 aliphatic rings. The molecule has 0 spiro atoms. The molecule has 2 unspecified atom stereocenters. The van der Waals surface area contributed by atoms with Crippen LogP contribution in [-0.4, -0.2) is 59.9 Å². The van der Waals surface area contributed by atoms with E-state index in [0.717, 1.165) is 32.4 Å². The van der Waals surface area contributed by atoms with Crippen LogP contribution in [0.25, 0.3) is 0 Å². The van der Waals surface area contributed by atoms with Gasteiger partial charge in [0.1, 0.15) is 5.54 Å². The quantitative estimate of drug-likeness (QED) is 0.738. The Bertz CT molecular complexity index is 344. The van der Waals surface area contributed by atoms with Gasteiger partial charge in [-0.05, 0) is 39.0 Å². The Balaban J connectivity index is 2.08. The molecule has 1 saturated carbocycles. The van der Waals surface area contributed by atoms with Crippen LogP contribution in [0.3, 0.4) is 0 Å². The van der Waals surface area contributed by atoms with Gasteiger partial charge in [0.25, 0.3) is 0 Å². The van der Waals surface area contributed by atoms with Gasteiger partial charge >= 0.3 is 5.97 Å². The first-order chi connectivity index (χ1) is 9.48. The van der Waals surface area contributed by atoms with Gasteiger partial charge in [0, 0.05) is 25.7 Å². The Morgan fingerprint density at radius 3 is 2.70 bits per heavy atom. The molecule has 2 rings (SSSR count). The van der Waals surface area contributed by atoms with Crippen molar-refractivity contribution in [1.29, 1.82) is 0 Å². The third-order valence-electron chi connectivity index (χ3n) is 4.35. The van der Waals surface area contributed by atoms with E-state index in [1.54, 1.807) is 0 Å². The molecule has 0 aromatic rings. The molecule has 1 heterocycles. The normalized spacial score (nSPS) is 27.5. The number of carboxylic acids is 1. The van der Waals surface area contributed by atoms with E-state index in [-0.39, 0.29) is 18.1 Å². The number of hydrogen-bond acceptors (Lipinski definition) is 4. The highest BCUT2D eigenvalue weighted by molar-refractivity contribution is 5.80. The van der Waals surface area contributed by atoms with Crippen molar-refractivity contribution in [1.82, 2.24) is 10.2 Å². The van der Waals surface area contributed by atoms with Gasteiger partial charge in [0.2, 0.25) is 0 Å². The maximum atomic E-state index is 11.9. The first-order valence-corrected chi connectivity index (χ1v) is 7.83. The van der Waals surface area contributed by atoms with E-state index in [4.69, 9.17) is 4.74 Å². The Morgan fingerprint density at radius 1 is 1.50 bits per heavy atom. The molecule has 0 aromatic heterocycles. The fourth-order valence-electron chi connectivity index (χ4n) is 3.21. The minimum absolute atomic E-state index is 0.176. The summed E-state index contributed by atoms with van der Waals surface area (Å²) in [6, 6.07) is 0.176. The van der Waals surface area contributed by atoms with Gasteiger partial charge in [0.05, 0.1) is 12.7 Å². The van der Waals surface area contributed by atoms with Crippen molar-refractivity contribution in [2.45, 2.75) is 57.7 Å². The van der Waals surface area contributed by atoms with Crippen LogP contribution in [-0.2, 0) is 9.53 Å². The minimum atomic E-state index is -0.788.